The van der Waals surface area contributed by atoms with Crippen LogP contribution in [0.4, 0.5) is 0 Å². The Bertz CT molecular complexity index is 1050. The van der Waals surface area contributed by atoms with Gasteiger partial charge in [0.25, 0.3) is 0 Å². The molecule has 2 atom stereocenters. The van der Waals surface area contributed by atoms with Crippen molar-refractivity contribution in [2.24, 2.45) is 4.99 Å². The highest BCUT2D eigenvalue weighted by molar-refractivity contribution is 5.93. The molecule has 0 radical (unpaired) electrons. The molecule has 3 aromatic rings. The van der Waals surface area contributed by atoms with Gasteiger partial charge in [0.2, 0.25) is 5.54 Å². The molecule has 1 N–H and O–H groups in total. The topological polar surface area (TPSA) is 62.1 Å². The highest BCUT2D eigenvalue weighted by atomic mass is 16.5. The van der Waals surface area contributed by atoms with Gasteiger partial charge in [0.1, 0.15) is 5.75 Å². The Labute approximate surface area is 176 Å². The minimum Gasteiger partial charge on any atom is -0.497 e. The van der Waals surface area contributed by atoms with E-state index in [0.29, 0.717) is 17.9 Å². The van der Waals surface area contributed by atoms with Gasteiger partial charge in [-0.1, -0.05) is 72.8 Å². The lowest BCUT2D eigenvalue weighted by Crippen LogP contribution is -2.43. The van der Waals surface area contributed by atoms with Gasteiger partial charge in [-0.2, -0.15) is 0 Å². The van der Waals surface area contributed by atoms with Crippen molar-refractivity contribution in [3.05, 3.63) is 102 Å². The summed E-state index contributed by atoms with van der Waals surface area (Å²) in [7, 11) is 1.62. The van der Waals surface area contributed by atoms with Crippen molar-refractivity contribution >= 4 is 11.8 Å². The third-order valence-corrected chi connectivity index (χ3v) is 5.63. The highest BCUT2D eigenvalue weighted by Crippen LogP contribution is 2.48. The summed E-state index contributed by atoms with van der Waals surface area (Å²) in [6.07, 6.45) is 0. The van der Waals surface area contributed by atoms with E-state index < -0.39 is 17.6 Å². The molecule has 3 aromatic carbocycles. The lowest BCUT2D eigenvalue weighted by atomic mass is 9.80. The number of hydrogen-bond acceptors (Lipinski definition) is 4. The van der Waals surface area contributed by atoms with E-state index in [1.807, 2.05) is 91.9 Å². The van der Waals surface area contributed by atoms with Crippen LogP contribution in [0.2, 0.25) is 0 Å². The van der Waals surface area contributed by atoms with Crippen LogP contribution in [0.5, 0.6) is 5.75 Å². The molecule has 1 aliphatic heterocycles. The minimum absolute atomic E-state index is 0.497. The van der Waals surface area contributed by atoms with Gasteiger partial charge in [-0.05, 0) is 35.7 Å². The van der Waals surface area contributed by atoms with E-state index >= 15 is 0 Å². The van der Waals surface area contributed by atoms with Crippen LogP contribution in [-0.4, -0.2) is 28.9 Å². The second kappa shape index (κ2) is 8.03. The summed E-state index contributed by atoms with van der Waals surface area (Å²) in [5.41, 5.74) is 1.20. The maximum absolute atomic E-state index is 12.8. The third-order valence-electron chi connectivity index (χ3n) is 5.63. The fraction of sp³-hybridized carbons (Fsp3) is 0.200. The summed E-state index contributed by atoms with van der Waals surface area (Å²) in [6.45, 7) is 2.45. The van der Waals surface area contributed by atoms with Gasteiger partial charge in [-0.3, -0.25) is 0 Å². The van der Waals surface area contributed by atoms with Crippen LogP contribution >= 0.6 is 0 Å². The van der Waals surface area contributed by atoms with E-state index in [2.05, 4.69) is 4.90 Å². The van der Waals surface area contributed by atoms with Gasteiger partial charge in [0.05, 0.1) is 19.0 Å². The first-order valence-electron chi connectivity index (χ1n) is 9.86. The number of aliphatic imine (C=N–C) groups is 1. The van der Waals surface area contributed by atoms with Crippen molar-refractivity contribution in [2.75, 3.05) is 7.11 Å². The lowest BCUT2D eigenvalue weighted by molar-refractivity contribution is -0.145. The molecule has 0 aliphatic carbocycles. The molecule has 5 nitrogen and oxygen atoms in total. The lowest BCUT2D eigenvalue weighted by Gasteiger charge is -2.36. The van der Waals surface area contributed by atoms with Crippen LogP contribution in [0.25, 0.3) is 0 Å². The molecule has 0 amide bonds. The number of aliphatic carboxylic acids is 1. The van der Waals surface area contributed by atoms with Gasteiger partial charge in [-0.15, -0.1) is 0 Å². The Morgan fingerprint density at radius 3 is 2.17 bits per heavy atom. The van der Waals surface area contributed by atoms with Crippen LogP contribution in [0.1, 0.15) is 29.7 Å². The molecule has 1 aliphatic rings. The van der Waals surface area contributed by atoms with Gasteiger partial charge in [0.15, 0.2) is 0 Å². The maximum Gasteiger partial charge on any atom is 0.338 e. The normalized spacial score (nSPS) is 20.7. The molecule has 0 fully saturated rings. The SMILES string of the molecule is COc1ccc([C@@H]2N(Cc3ccccc3)C(C)=N[C@@]2(C(=O)O)c2ccccc2)cc1. The molecule has 4 rings (SSSR count). The second-order valence-corrected chi connectivity index (χ2v) is 7.39. The number of hydrogen-bond donors (Lipinski definition) is 1. The number of carboxylic acids is 1. The standard InChI is InChI=1S/C25H24N2O3/c1-18-26-25(24(28)29,21-11-7-4-8-12-21)23(20-13-15-22(30-2)16-14-20)27(18)17-19-9-5-3-6-10-19/h3-16,23H,17H2,1-2H3,(H,28,29)/t23-,25-/m0/s1. The molecule has 0 spiro atoms. The summed E-state index contributed by atoms with van der Waals surface area (Å²) in [6, 6.07) is 26.4. The van der Waals surface area contributed by atoms with Crippen molar-refractivity contribution < 1.29 is 14.6 Å². The number of amidine groups is 1. The average Bonchev–Trinajstić information content (AvgIpc) is 3.08. The minimum atomic E-state index is -1.44. The van der Waals surface area contributed by atoms with Crippen molar-refractivity contribution in [3.8, 4) is 5.75 Å². The predicted molar refractivity (Wildman–Crippen MR) is 117 cm³/mol. The van der Waals surface area contributed by atoms with E-state index in [0.717, 1.165) is 16.9 Å². The van der Waals surface area contributed by atoms with E-state index in [4.69, 9.17) is 9.73 Å². The van der Waals surface area contributed by atoms with E-state index in [1.165, 1.54) is 0 Å². The van der Waals surface area contributed by atoms with Crippen LogP contribution < -0.4 is 4.74 Å². The van der Waals surface area contributed by atoms with Crippen LogP contribution in [0.15, 0.2) is 89.9 Å². The molecule has 0 saturated carbocycles. The van der Waals surface area contributed by atoms with E-state index in [-0.39, 0.29) is 0 Å². The van der Waals surface area contributed by atoms with Crippen LogP contribution in [0.3, 0.4) is 0 Å². The Morgan fingerprint density at radius 1 is 1.00 bits per heavy atom. The van der Waals surface area contributed by atoms with Gasteiger partial charge in [-0.25, -0.2) is 9.79 Å². The number of methoxy groups -OCH3 is 1. The zero-order valence-electron chi connectivity index (χ0n) is 17.0. The number of carbonyl (C=O) groups is 1. The summed E-state index contributed by atoms with van der Waals surface area (Å²) in [5.74, 6) is 0.458. The fourth-order valence-corrected chi connectivity index (χ4v) is 4.19. The maximum atomic E-state index is 12.8. The van der Waals surface area contributed by atoms with Crippen molar-refractivity contribution in [2.45, 2.75) is 25.0 Å². The molecular weight excluding hydrogens is 376 g/mol. The van der Waals surface area contributed by atoms with Crippen LogP contribution in [-0.2, 0) is 16.9 Å². The number of ether oxygens (including phenoxy) is 1. The van der Waals surface area contributed by atoms with Gasteiger partial charge < -0.3 is 14.7 Å². The van der Waals surface area contributed by atoms with E-state index in [1.54, 1.807) is 7.11 Å². The first kappa shape index (κ1) is 19.7. The molecule has 5 heteroatoms. The fourth-order valence-electron chi connectivity index (χ4n) is 4.19. The first-order valence-corrected chi connectivity index (χ1v) is 9.86. The summed E-state index contributed by atoms with van der Waals surface area (Å²) in [5, 5.41) is 10.5. The zero-order chi connectivity index (χ0) is 21.1. The summed E-state index contributed by atoms with van der Waals surface area (Å²) >= 11 is 0. The Morgan fingerprint density at radius 2 is 1.60 bits per heavy atom. The summed E-state index contributed by atoms with van der Waals surface area (Å²) in [4.78, 5) is 19.7. The molecule has 0 unspecified atom stereocenters. The quantitative estimate of drug-likeness (QED) is 0.654. The molecule has 1 heterocycles. The number of carboxylic acid groups (broad SMARTS) is 1. The Balaban J connectivity index is 1.88. The highest BCUT2D eigenvalue weighted by Gasteiger charge is 2.55. The smallest absolute Gasteiger partial charge is 0.338 e. The number of benzene rings is 3. The Hall–Kier alpha value is -3.60. The van der Waals surface area contributed by atoms with Crippen LogP contribution in [0, 0.1) is 0 Å². The average molecular weight is 400 g/mol. The Kier molecular flexibility index (Phi) is 5.27. The molecular formula is C25H24N2O3. The van der Waals surface area contributed by atoms with Gasteiger partial charge in [0, 0.05) is 6.54 Å². The second-order valence-electron chi connectivity index (χ2n) is 7.39. The molecule has 30 heavy (non-hydrogen) atoms. The van der Waals surface area contributed by atoms with Crippen molar-refractivity contribution in [1.29, 1.82) is 0 Å². The number of nitrogens with zero attached hydrogens (tertiary/aromatic N) is 2. The monoisotopic (exact) mass is 400 g/mol. The van der Waals surface area contributed by atoms with Gasteiger partial charge >= 0.3 is 5.97 Å². The van der Waals surface area contributed by atoms with E-state index in [9.17, 15) is 9.90 Å². The van der Waals surface area contributed by atoms with Crippen molar-refractivity contribution in [1.82, 2.24) is 4.90 Å². The molecule has 0 bridgehead atoms. The zero-order valence-corrected chi connectivity index (χ0v) is 17.0. The molecule has 0 aromatic heterocycles. The molecule has 0 saturated heterocycles. The largest absolute Gasteiger partial charge is 0.497 e. The molecule has 152 valence electrons. The summed E-state index contributed by atoms with van der Waals surface area (Å²) < 4.78 is 5.30. The third kappa shape index (κ3) is 3.32. The first-order chi connectivity index (χ1) is 14.6. The van der Waals surface area contributed by atoms with Crippen molar-refractivity contribution in [3.63, 3.8) is 0 Å². The predicted octanol–water partition coefficient (Wildman–Crippen LogP) is 4.65. The number of rotatable bonds is 6.